The third kappa shape index (κ3) is 17.9. The number of aromatic nitrogens is 12. The number of rotatable bonds is 20. The van der Waals surface area contributed by atoms with Gasteiger partial charge in [0, 0.05) is 109 Å². The molecule has 0 saturated carbocycles. The highest BCUT2D eigenvalue weighted by atomic mass is 35.5. The first-order chi connectivity index (χ1) is 45.8. The van der Waals surface area contributed by atoms with Crippen LogP contribution < -0.4 is 5.73 Å². The lowest BCUT2D eigenvalue weighted by atomic mass is 10.0. The minimum Gasteiger partial charge on any atom is -0.396 e. The van der Waals surface area contributed by atoms with E-state index in [-0.39, 0.29) is 26.0 Å². The van der Waals surface area contributed by atoms with Crippen LogP contribution in [0, 0.1) is 5.95 Å². The molecule has 1 aliphatic rings. The lowest BCUT2D eigenvalue weighted by molar-refractivity contribution is -0.0395. The first kappa shape index (κ1) is 69.0. The number of nitrogens with zero attached hydrogens (tertiary/aromatic N) is 10. The second-order valence-electron chi connectivity index (χ2n) is 21.2. The third-order valence-electron chi connectivity index (χ3n) is 14.7. The Hall–Kier alpha value is -7.89. The van der Waals surface area contributed by atoms with Crippen molar-refractivity contribution >= 4 is 68.8 Å². The fourth-order valence-electron chi connectivity index (χ4n) is 9.96. The molecule has 10 N–H and O–H groups in total. The zero-order valence-corrected chi connectivity index (χ0v) is 55.0. The molecule has 486 valence electrons. The van der Waals surface area contributed by atoms with E-state index in [9.17, 15) is 24.8 Å². The zero-order chi connectivity index (χ0) is 65.9. The Labute approximate surface area is 567 Å². The average molecular weight is 1390 g/mol. The monoisotopic (exact) mass is 1380 g/mol. The second-order valence-corrected chi connectivity index (χ2v) is 25.7. The number of ether oxygens (including phenoxy) is 1. The maximum atomic E-state index is 13.5. The summed E-state index contributed by atoms with van der Waals surface area (Å²) in [5.41, 5.74) is 13.6. The van der Waals surface area contributed by atoms with Gasteiger partial charge in [-0.15, -0.1) is 39.1 Å². The van der Waals surface area contributed by atoms with Gasteiger partial charge in [-0.2, -0.15) is 14.6 Å². The largest absolute Gasteiger partial charge is 0.396 e. The van der Waals surface area contributed by atoms with Crippen LogP contribution >= 0.6 is 68.8 Å². The maximum Gasteiger partial charge on any atom is 0.213 e. The quantitative estimate of drug-likeness (QED) is 0.0320. The summed E-state index contributed by atoms with van der Waals surface area (Å²) in [7, 11) is 0. The van der Waals surface area contributed by atoms with Crippen molar-refractivity contribution in [1.29, 1.82) is 0 Å². The summed E-state index contributed by atoms with van der Waals surface area (Å²) in [4.78, 5) is 30.6. The van der Waals surface area contributed by atoms with Gasteiger partial charge in [-0.3, -0.25) is 20.2 Å². The lowest BCUT2D eigenvalue weighted by Crippen LogP contribution is -2.18. The fraction of sp³-hybridized carbons (Fsp3) is 0.239. The molecule has 1 fully saturated rings. The van der Waals surface area contributed by atoms with Crippen molar-refractivity contribution in [3.8, 4) is 63.4 Å². The molecule has 0 bridgehead atoms. The van der Waals surface area contributed by atoms with E-state index >= 15 is 0 Å². The molecule has 3 aromatic carbocycles. The van der Waals surface area contributed by atoms with Gasteiger partial charge in [0.15, 0.2) is 23.7 Å². The van der Waals surface area contributed by atoms with E-state index in [4.69, 9.17) is 60.6 Å². The highest BCUT2D eigenvalue weighted by Crippen LogP contribution is 2.45. The van der Waals surface area contributed by atoms with Gasteiger partial charge in [0.25, 0.3) is 0 Å². The standard InChI is InChI=1S/C26H27ClN4O3S.C21H19ClN4O2S.C18H12ClFN4OS.C2H7NO/c27-19-8-6-17(7-9-19)24(33)21-15-22(18-10-11-28-20(14-18)4-3-12-32)35-25(21)26-29-16-31(30-26)23-5-1-2-13-34-23;22-15-5-3-13(4-6-15)19(28)17-11-18(29-20(17)21-24-12-25-26-21)14-7-8-23-16(10-14)2-1-9-27;19-12-3-1-10(2-4-12)16(25)13-8-14(11-5-6-21-15(20)7-11)26-17(13)18-22-9-23-24-18;3-1-2-4/h6-11,14-16,23-24,32-33H,1-5,12-13H2;3-8,10-12,19,27-28H,1-2,9H2,(H,24,25,26);1-9,16,25H,(H,22,23,24);4H,1-3H2. The number of aliphatic hydroxyl groups is 6. The smallest absolute Gasteiger partial charge is 0.213 e. The molecule has 1 saturated heterocycles. The molecule has 10 heterocycles. The number of benzene rings is 3. The van der Waals surface area contributed by atoms with Crippen LogP contribution in [0.2, 0.25) is 15.1 Å². The van der Waals surface area contributed by atoms with Crippen LogP contribution in [0.3, 0.4) is 0 Å². The summed E-state index contributed by atoms with van der Waals surface area (Å²) < 4.78 is 21.2. The predicted octanol–water partition coefficient (Wildman–Crippen LogP) is 13.1. The van der Waals surface area contributed by atoms with Crippen LogP contribution in [0.15, 0.2) is 165 Å². The van der Waals surface area contributed by atoms with E-state index < -0.39 is 24.3 Å². The molecule has 13 rings (SSSR count). The summed E-state index contributed by atoms with van der Waals surface area (Å²) in [5.74, 6) is 1.16. The topological polar surface area (TPSA) is 309 Å². The maximum absolute atomic E-state index is 13.5. The molecular formula is C67H65Cl3FN13O7S3. The number of aryl methyl sites for hydroxylation is 2. The van der Waals surface area contributed by atoms with Gasteiger partial charge < -0.3 is 41.1 Å². The summed E-state index contributed by atoms with van der Waals surface area (Å²) in [6, 6.07) is 38.2. The van der Waals surface area contributed by atoms with Crippen LogP contribution in [0.25, 0.3) is 63.4 Å². The van der Waals surface area contributed by atoms with E-state index in [1.165, 1.54) is 47.6 Å². The number of nitrogens with one attached hydrogen (secondary N) is 2. The van der Waals surface area contributed by atoms with Crippen molar-refractivity contribution in [3.05, 3.63) is 231 Å². The first-order valence-electron chi connectivity index (χ1n) is 29.8. The minimum atomic E-state index is -0.885. The number of hydrogen-bond donors (Lipinski definition) is 9. The Morgan fingerprint density at radius 3 is 1.36 bits per heavy atom. The molecule has 9 aromatic heterocycles. The van der Waals surface area contributed by atoms with Crippen molar-refractivity contribution in [3.63, 3.8) is 0 Å². The summed E-state index contributed by atoms with van der Waals surface area (Å²) in [6.45, 7) is 1.47. The molecule has 12 aromatic rings. The number of pyridine rings is 3. The molecule has 0 amide bonds. The van der Waals surface area contributed by atoms with E-state index in [0.717, 1.165) is 99.9 Å². The van der Waals surface area contributed by atoms with Gasteiger partial charge in [-0.05, 0) is 163 Å². The van der Waals surface area contributed by atoms with Crippen LogP contribution in [0.4, 0.5) is 4.39 Å². The fourth-order valence-corrected chi connectivity index (χ4v) is 13.7. The molecule has 0 aliphatic carbocycles. The molecular weight excluding hydrogens is 1320 g/mol. The van der Waals surface area contributed by atoms with Crippen molar-refractivity contribution in [2.75, 3.05) is 33.0 Å². The summed E-state index contributed by atoms with van der Waals surface area (Å²) >= 11 is 22.4. The van der Waals surface area contributed by atoms with Crippen molar-refractivity contribution in [2.45, 2.75) is 69.5 Å². The average Bonchev–Trinajstić information content (AvgIpc) is 1.68. The lowest BCUT2D eigenvalue weighted by Gasteiger charge is -2.22. The van der Waals surface area contributed by atoms with Gasteiger partial charge in [-0.1, -0.05) is 71.2 Å². The predicted molar refractivity (Wildman–Crippen MR) is 365 cm³/mol. The number of hydrogen-bond acceptors (Lipinski definition) is 20. The van der Waals surface area contributed by atoms with Crippen molar-refractivity contribution < 1.29 is 39.8 Å². The van der Waals surface area contributed by atoms with Gasteiger partial charge in [0.1, 0.15) is 37.3 Å². The number of nitrogens with two attached hydrogens (primary N) is 1. The number of thiophene rings is 3. The van der Waals surface area contributed by atoms with Crippen LogP contribution in [-0.2, 0) is 17.6 Å². The molecule has 4 atom stereocenters. The SMILES string of the molecule is NCCO.OC(c1ccc(Cl)cc1)c1cc(-c2ccnc(F)c2)sc1-c1ncn[nH]1.OCCCc1cc(-c2cc(C(O)c3ccc(Cl)cc3)c(-c3ncn(C4CCCCO4)n3)s2)ccn1.OCCCc1cc(-c2cc(C(O)c3ccc(Cl)cc3)c(-c3ncn[nH]3)s2)ccn1. The Bertz CT molecular complexity index is 4290. The Morgan fingerprint density at radius 1 is 0.543 bits per heavy atom. The van der Waals surface area contributed by atoms with Crippen molar-refractivity contribution in [1.82, 2.24) is 60.1 Å². The number of H-pyrrole nitrogens is 2. The van der Waals surface area contributed by atoms with Crippen molar-refractivity contribution in [2.24, 2.45) is 5.73 Å². The van der Waals surface area contributed by atoms with E-state index in [1.807, 2.05) is 66.7 Å². The Morgan fingerprint density at radius 2 is 0.968 bits per heavy atom. The van der Waals surface area contributed by atoms with Gasteiger partial charge in [0.2, 0.25) is 5.95 Å². The van der Waals surface area contributed by atoms with E-state index in [1.54, 1.807) is 89.3 Å². The van der Waals surface area contributed by atoms with Crippen LogP contribution in [0.1, 0.15) is 101 Å². The third-order valence-corrected chi connectivity index (χ3v) is 19.0. The molecule has 4 unspecified atom stereocenters. The highest BCUT2D eigenvalue weighted by molar-refractivity contribution is 7.19. The second kappa shape index (κ2) is 34.0. The van der Waals surface area contributed by atoms with Gasteiger partial charge in [-0.25, -0.2) is 24.6 Å². The Kier molecular flexibility index (Phi) is 24.9. The molecule has 0 radical (unpaired) electrons. The Balaban J connectivity index is 0.000000151. The molecule has 1 aliphatic heterocycles. The van der Waals surface area contributed by atoms with E-state index in [0.29, 0.717) is 81.5 Å². The molecule has 27 heteroatoms. The van der Waals surface area contributed by atoms with Crippen LogP contribution in [-0.4, -0.2) is 124 Å². The summed E-state index contributed by atoms with van der Waals surface area (Å²) in [6.07, 6.45) is 12.7. The van der Waals surface area contributed by atoms with E-state index in [2.05, 4.69) is 50.3 Å². The number of halogens is 4. The minimum absolute atomic E-state index is 0.0972. The highest BCUT2D eigenvalue weighted by Gasteiger charge is 2.27. The number of aliphatic hydroxyl groups excluding tert-OH is 6. The summed E-state index contributed by atoms with van der Waals surface area (Å²) in [5, 5.41) is 79.4. The van der Waals surface area contributed by atoms with Crippen LogP contribution in [0.5, 0.6) is 0 Å². The normalized spacial score (nSPS) is 13.8. The number of aromatic amines is 2. The van der Waals surface area contributed by atoms with Gasteiger partial charge >= 0.3 is 0 Å². The molecule has 94 heavy (non-hydrogen) atoms. The van der Waals surface area contributed by atoms with Gasteiger partial charge in [0.05, 0.1) is 21.2 Å². The first-order valence-corrected chi connectivity index (χ1v) is 33.4. The molecule has 20 nitrogen and oxygen atoms in total. The molecule has 0 spiro atoms. The zero-order valence-electron chi connectivity index (χ0n) is 50.3.